The second kappa shape index (κ2) is 3.72. The summed E-state index contributed by atoms with van der Waals surface area (Å²) < 4.78 is 0. The van der Waals surface area contributed by atoms with Crippen molar-refractivity contribution in [2.75, 3.05) is 0 Å². The van der Waals surface area contributed by atoms with Crippen molar-refractivity contribution < 1.29 is 0 Å². The van der Waals surface area contributed by atoms with Crippen LogP contribution in [0.5, 0.6) is 0 Å². The summed E-state index contributed by atoms with van der Waals surface area (Å²) in [5, 5.41) is 0. The van der Waals surface area contributed by atoms with E-state index in [2.05, 4.69) is 4.98 Å². The van der Waals surface area contributed by atoms with E-state index >= 15 is 0 Å². The smallest absolute Gasteiger partial charge is 0.000496 e. The third kappa shape index (κ3) is 1.85. The van der Waals surface area contributed by atoms with Crippen molar-refractivity contribution >= 4 is 37.7 Å². The SMILES string of the molecule is [CaH2].c1cc[nH]c1. The molecule has 0 aliphatic carbocycles. The Morgan fingerprint density at radius 3 is 1.67 bits per heavy atom. The minimum atomic E-state index is 0. The van der Waals surface area contributed by atoms with E-state index in [0.717, 1.165) is 0 Å². The van der Waals surface area contributed by atoms with E-state index in [-0.39, 0.29) is 37.7 Å². The van der Waals surface area contributed by atoms with Crippen molar-refractivity contribution in [3.63, 3.8) is 0 Å². The summed E-state index contributed by atoms with van der Waals surface area (Å²) >= 11 is 0. The molecule has 1 heterocycles. The van der Waals surface area contributed by atoms with Crippen LogP contribution in [-0.2, 0) is 0 Å². The van der Waals surface area contributed by atoms with Crippen LogP contribution in [0.3, 0.4) is 0 Å². The van der Waals surface area contributed by atoms with Gasteiger partial charge in [0.2, 0.25) is 0 Å². The predicted molar refractivity (Wildman–Crippen MR) is 29.3 cm³/mol. The van der Waals surface area contributed by atoms with Crippen molar-refractivity contribution in [1.29, 1.82) is 0 Å². The van der Waals surface area contributed by atoms with Gasteiger partial charge in [-0.1, -0.05) is 0 Å². The molecule has 0 saturated heterocycles. The van der Waals surface area contributed by atoms with Crippen LogP contribution >= 0.6 is 0 Å². The Kier molecular flexibility index (Phi) is 4.05. The third-order valence-corrected chi connectivity index (χ3v) is 0.496. The topological polar surface area (TPSA) is 15.8 Å². The van der Waals surface area contributed by atoms with Crippen molar-refractivity contribution in [2.24, 2.45) is 0 Å². The summed E-state index contributed by atoms with van der Waals surface area (Å²) in [6.07, 6.45) is 3.75. The van der Waals surface area contributed by atoms with E-state index in [1.165, 1.54) is 0 Å². The molecule has 0 radical (unpaired) electrons. The number of aromatic amines is 1. The molecule has 6 heavy (non-hydrogen) atoms. The zero-order chi connectivity index (χ0) is 3.54. The van der Waals surface area contributed by atoms with Crippen LogP contribution < -0.4 is 0 Å². The molecular weight excluding hydrogens is 102 g/mol. The minimum Gasteiger partial charge on any atom is -0.368 e. The summed E-state index contributed by atoms with van der Waals surface area (Å²) in [6, 6.07) is 3.89. The molecule has 0 fully saturated rings. The molecule has 0 aliphatic rings. The zero-order valence-corrected chi connectivity index (χ0v) is 2.81. The van der Waals surface area contributed by atoms with Crippen LogP contribution in [0.25, 0.3) is 0 Å². The molecule has 0 aliphatic heterocycles. The van der Waals surface area contributed by atoms with E-state index in [9.17, 15) is 0 Å². The Morgan fingerprint density at radius 1 is 1.00 bits per heavy atom. The summed E-state index contributed by atoms with van der Waals surface area (Å²) in [5.74, 6) is 0. The molecule has 0 unspecified atom stereocenters. The largest absolute Gasteiger partial charge is 0.368 e. The summed E-state index contributed by atoms with van der Waals surface area (Å²) in [6.45, 7) is 0. The van der Waals surface area contributed by atoms with Crippen molar-refractivity contribution in [3.8, 4) is 0 Å². The molecule has 1 rings (SSSR count). The molecule has 0 spiro atoms. The number of aromatic nitrogens is 1. The second-order valence-corrected chi connectivity index (χ2v) is 0.885. The summed E-state index contributed by atoms with van der Waals surface area (Å²) in [5.41, 5.74) is 0. The van der Waals surface area contributed by atoms with Gasteiger partial charge in [0.05, 0.1) is 0 Å². The van der Waals surface area contributed by atoms with Gasteiger partial charge in [0, 0.05) is 12.4 Å². The van der Waals surface area contributed by atoms with E-state index in [1.54, 1.807) is 0 Å². The fourth-order valence-corrected chi connectivity index (χ4v) is 0.278. The van der Waals surface area contributed by atoms with Gasteiger partial charge in [0.15, 0.2) is 0 Å². The van der Waals surface area contributed by atoms with E-state index in [4.69, 9.17) is 0 Å². The molecule has 30 valence electrons. The number of hydrogen-bond acceptors (Lipinski definition) is 0. The number of hydrogen-bond donors (Lipinski definition) is 1. The normalized spacial score (nSPS) is 6.67. The van der Waals surface area contributed by atoms with Crippen LogP contribution in [0.15, 0.2) is 24.5 Å². The fraction of sp³-hybridized carbons (Fsp3) is 0. The van der Waals surface area contributed by atoms with Crippen LogP contribution in [0.4, 0.5) is 0 Å². The van der Waals surface area contributed by atoms with Gasteiger partial charge < -0.3 is 4.98 Å². The zero-order valence-electron chi connectivity index (χ0n) is 2.81. The maximum Gasteiger partial charge on any atom is 0.000496 e. The van der Waals surface area contributed by atoms with Gasteiger partial charge in [-0.15, -0.1) is 0 Å². The first-order valence-corrected chi connectivity index (χ1v) is 1.58. The molecule has 2 heteroatoms. The van der Waals surface area contributed by atoms with Crippen LogP contribution in [0, 0.1) is 0 Å². The van der Waals surface area contributed by atoms with E-state index < -0.39 is 0 Å². The maximum atomic E-state index is 2.86. The van der Waals surface area contributed by atoms with Crippen molar-refractivity contribution in [3.05, 3.63) is 24.5 Å². The van der Waals surface area contributed by atoms with E-state index in [1.807, 2.05) is 24.5 Å². The number of rotatable bonds is 0. The Balaban J connectivity index is 0.000000250. The Labute approximate surface area is 66.8 Å². The van der Waals surface area contributed by atoms with Gasteiger partial charge >= 0.3 is 37.7 Å². The molecule has 0 saturated carbocycles. The summed E-state index contributed by atoms with van der Waals surface area (Å²) in [7, 11) is 0. The van der Waals surface area contributed by atoms with Gasteiger partial charge in [-0.25, -0.2) is 0 Å². The van der Waals surface area contributed by atoms with Crippen molar-refractivity contribution in [2.45, 2.75) is 0 Å². The molecule has 0 aromatic carbocycles. The van der Waals surface area contributed by atoms with Crippen molar-refractivity contribution in [1.82, 2.24) is 4.98 Å². The van der Waals surface area contributed by atoms with Gasteiger partial charge in [-0.3, -0.25) is 0 Å². The second-order valence-electron chi connectivity index (χ2n) is 0.885. The number of H-pyrrole nitrogens is 1. The molecular formula is C4H7CaN. The number of nitrogens with one attached hydrogen (secondary N) is 1. The molecule has 1 N–H and O–H groups in total. The van der Waals surface area contributed by atoms with Gasteiger partial charge in [-0.2, -0.15) is 0 Å². The standard InChI is InChI=1S/C4H5N.Ca.2H/c1-2-4-5-3-1;;;/h1-5H;;;. The molecule has 1 nitrogen and oxygen atoms in total. The van der Waals surface area contributed by atoms with E-state index in [0.29, 0.717) is 0 Å². The molecule has 0 amide bonds. The predicted octanol–water partition coefficient (Wildman–Crippen LogP) is 0.0985. The first-order chi connectivity index (χ1) is 2.50. The van der Waals surface area contributed by atoms with Crippen LogP contribution in [0.1, 0.15) is 0 Å². The first kappa shape index (κ1) is 6.54. The average Bonchev–Trinajstić information content (AvgIpc) is 1.76. The first-order valence-electron chi connectivity index (χ1n) is 1.58. The van der Waals surface area contributed by atoms with Gasteiger partial charge in [-0.05, 0) is 12.1 Å². The van der Waals surface area contributed by atoms with Crippen LogP contribution in [-0.4, -0.2) is 42.7 Å². The molecule has 1 aromatic heterocycles. The Hall–Kier alpha value is 0.540. The molecule has 1 aromatic rings. The Bertz CT molecular complexity index is 64.0. The summed E-state index contributed by atoms with van der Waals surface area (Å²) in [4.78, 5) is 2.86. The van der Waals surface area contributed by atoms with Gasteiger partial charge in [0.25, 0.3) is 0 Å². The third-order valence-electron chi connectivity index (χ3n) is 0.496. The maximum absolute atomic E-state index is 2.86. The molecule has 0 atom stereocenters. The molecule has 0 bridgehead atoms. The van der Waals surface area contributed by atoms with Crippen LogP contribution in [0.2, 0.25) is 0 Å². The monoisotopic (exact) mass is 109 g/mol. The average molecular weight is 109 g/mol. The minimum absolute atomic E-state index is 0. The quantitative estimate of drug-likeness (QED) is 0.455. The van der Waals surface area contributed by atoms with Gasteiger partial charge in [0.1, 0.15) is 0 Å². The fourth-order valence-electron chi connectivity index (χ4n) is 0.278. The Morgan fingerprint density at radius 2 is 1.50 bits per heavy atom.